The highest BCUT2D eigenvalue weighted by Gasteiger charge is 2.70. The smallest absolute Gasteiger partial charge is 0.331 e. The van der Waals surface area contributed by atoms with E-state index >= 15 is 0 Å². The Labute approximate surface area is 273 Å². The maximum Gasteiger partial charge on any atom is 0.331 e. The van der Waals surface area contributed by atoms with E-state index in [0.29, 0.717) is 37.2 Å². The predicted molar refractivity (Wildman–Crippen MR) is 175 cm³/mol. The fourth-order valence-electron chi connectivity index (χ4n) is 11.3. The van der Waals surface area contributed by atoms with Crippen LogP contribution in [-0.2, 0) is 14.3 Å². The molecule has 4 fully saturated rings. The van der Waals surface area contributed by atoms with E-state index in [4.69, 9.17) is 4.74 Å². The second kappa shape index (κ2) is 12.1. The molecule has 1 aliphatic heterocycles. The van der Waals surface area contributed by atoms with Crippen molar-refractivity contribution in [3.8, 4) is 0 Å². The largest absolute Gasteiger partial charge is 0.478 e. The molecular formula is C36H56BrNO6. The summed E-state index contributed by atoms with van der Waals surface area (Å²) >= 11 is 3.94. The van der Waals surface area contributed by atoms with Crippen molar-refractivity contribution in [1.82, 2.24) is 4.90 Å². The van der Waals surface area contributed by atoms with Crippen molar-refractivity contribution in [2.45, 2.75) is 135 Å². The molecule has 0 aromatic rings. The Hall–Kier alpha value is -1.22. The summed E-state index contributed by atoms with van der Waals surface area (Å²) in [6.07, 6.45) is 9.48. The normalized spacial score (nSPS) is 44.3. The Morgan fingerprint density at radius 3 is 2.43 bits per heavy atom. The second-order valence-corrected chi connectivity index (χ2v) is 17.3. The molecule has 248 valence electrons. The number of nitrogens with zero attached hydrogens (tertiary/aromatic N) is 1. The zero-order valence-electron chi connectivity index (χ0n) is 27.9. The number of esters is 1. The minimum absolute atomic E-state index is 0.0295. The van der Waals surface area contributed by atoms with Crippen molar-refractivity contribution >= 4 is 27.9 Å². The first-order valence-corrected chi connectivity index (χ1v) is 17.9. The van der Waals surface area contributed by atoms with Gasteiger partial charge in [-0.1, -0.05) is 55.8 Å². The third-order valence-corrected chi connectivity index (χ3v) is 15.5. The lowest BCUT2D eigenvalue weighted by Crippen LogP contribution is -2.65. The number of hydrogen-bond donors (Lipinski definition) is 3. The van der Waals surface area contributed by atoms with E-state index in [2.05, 4.69) is 74.5 Å². The number of carbonyl (C=O) groups is 2. The van der Waals surface area contributed by atoms with Crippen molar-refractivity contribution in [3.63, 3.8) is 0 Å². The number of aliphatic hydroxyl groups excluding tert-OH is 2. The van der Waals surface area contributed by atoms with Gasteiger partial charge in [0.25, 0.3) is 0 Å². The van der Waals surface area contributed by atoms with Crippen LogP contribution in [0.15, 0.2) is 23.3 Å². The van der Waals surface area contributed by atoms with Crippen LogP contribution in [0, 0.1) is 39.9 Å². The number of ether oxygens (including phenoxy) is 1. The number of halogens is 1. The second-order valence-electron chi connectivity index (χ2n) is 16.2. The summed E-state index contributed by atoms with van der Waals surface area (Å²) in [5.74, 6) is -0.983. The maximum absolute atomic E-state index is 13.1. The van der Waals surface area contributed by atoms with E-state index in [0.717, 1.165) is 50.8 Å². The molecule has 0 saturated heterocycles. The molecule has 0 aromatic heterocycles. The minimum Gasteiger partial charge on any atom is -0.478 e. The van der Waals surface area contributed by atoms with Gasteiger partial charge in [0.1, 0.15) is 6.10 Å². The first-order chi connectivity index (χ1) is 20.5. The predicted octanol–water partition coefficient (Wildman–Crippen LogP) is 6.50. The fraction of sp³-hybridized carbons (Fsp3) is 0.833. The number of carbonyl (C=O) groups excluding carboxylic acids is 1. The van der Waals surface area contributed by atoms with Gasteiger partial charge in [0.15, 0.2) is 0 Å². The number of rotatable bonds is 7. The van der Waals surface area contributed by atoms with E-state index < -0.39 is 24.1 Å². The highest BCUT2D eigenvalue weighted by molar-refractivity contribution is 9.09. The monoisotopic (exact) mass is 677 g/mol. The Balaban J connectivity index is 1.51. The van der Waals surface area contributed by atoms with Gasteiger partial charge in [-0.05, 0) is 117 Å². The zero-order chi connectivity index (χ0) is 32.4. The number of carboxylic acids is 1. The number of fused-ring (bicyclic) bond motifs is 5. The molecule has 5 aliphatic rings. The van der Waals surface area contributed by atoms with Crippen molar-refractivity contribution in [3.05, 3.63) is 23.3 Å². The number of carboxylic acid groups (broad SMARTS) is 1. The highest BCUT2D eigenvalue weighted by atomic mass is 79.9. The van der Waals surface area contributed by atoms with E-state index in [-0.39, 0.29) is 50.5 Å². The topological polar surface area (TPSA) is 107 Å². The van der Waals surface area contributed by atoms with Gasteiger partial charge in [0.05, 0.1) is 12.2 Å². The minimum atomic E-state index is -0.952. The lowest BCUT2D eigenvalue weighted by atomic mass is 9.36. The van der Waals surface area contributed by atoms with Crippen molar-refractivity contribution in [1.29, 1.82) is 0 Å². The van der Waals surface area contributed by atoms with Crippen LogP contribution in [0.3, 0.4) is 0 Å². The summed E-state index contributed by atoms with van der Waals surface area (Å²) in [6.45, 7) is 16.8. The summed E-state index contributed by atoms with van der Waals surface area (Å²) in [7, 11) is 0. The van der Waals surface area contributed by atoms with Crippen LogP contribution in [0.2, 0.25) is 0 Å². The van der Waals surface area contributed by atoms with Gasteiger partial charge >= 0.3 is 11.9 Å². The van der Waals surface area contributed by atoms with Gasteiger partial charge in [-0.2, -0.15) is 0 Å². The van der Waals surface area contributed by atoms with Crippen LogP contribution in [-0.4, -0.2) is 73.9 Å². The molecule has 8 heteroatoms. The molecule has 4 saturated carbocycles. The number of hydrogen-bond acceptors (Lipinski definition) is 6. The van der Waals surface area contributed by atoms with Crippen molar-refractivity contribution < 1.29 is 29.6 Å². The summed E-state index contributed by atoms with van der Waals surface area (Å²) in [4.78, 5) is 28.1. The molecule has 44 heavy (non-hydrogen) atoms. The molecule has 0 bridgehead atoms. The molecule has 0 spiro atoms. The Kier molecular flexibility index (Phi) is 9.38. The molecule has 0 aromatic carbocycles. The van der Waals surface area contributed by atoms with Crippen LogP contribution in [0.25, 0.3) is 0 Å². The molecule has 3 N–H and O–H groups in total. The molecule has 0 amide bonds. The molecule has 4 unspecified atom stereocenters. The highest BCUT2D eigenvalue weighted by Crippen LogP contribution is 2.74. The molecule has 7 nitrogen and oxygen atoms in total. The number of alkyl halides is 1. The number of aliphatic carboxylic acids is 1. The van der Waals surface area contributed by atoms with Crippen LogP contribution in [0.4, 0.5) is 0 Å². The zero-order valence-corrected chi connectivity index (χ0v) is 29.5. The Morgan fingerprint density at radius 1 is 1.11 bits per heavy atom. The van der Waals surface area contributed by atoms with E-state index in [1.165, 1.54) is 6.92 Å². The van der Waals surface area contributed by atoms with E-state index in [1.807, 2.05) is 0 Å². The van der Waals surface area contributed by atoms with Crippen molar-refractivity contribution in [2.75, 3.05) is 13.1 Å². The van der Waals surface area contributed by atoms with Gasteiger partial charge in [-0.25, -0.2) is 4.79 Å². The van der Waals surface area contributed by atoms with Crippen LogP contribution in [0.1, 0.15) is 106 Å². The average molecular weight is 679 g/mol. The van der Waals surface area contributed by atoms with Gasteiger partial charge in [0, 0.05) is 36.0 Å². The molecule has 1 heterocycles. The lowest BCUT2D eigenvalue weighted by molar-refractivity contribution is -0.234. The summed E-state index contributed by atoms with van der Waals surface area (Å²) in [5, 5.41) is 33.6. The average Bonchev–Trinajstić information content (AvgIpc) is 3.22. The standard InChI is InChI=1S/C36H56BrNO6/c1-21-24-13-16-35(6)31(34(24,5)15-14-26(21)40)27(41)19-25-30(28(44-22(2)39)20-36(25,35)7)23(32(42)43)11-12-29(37)33(3,4)38-17-9-8-10-18-38/h8-9,21,24-29,31,40-41H,10-20H2,1-7H3,(H,42,43)/b30-23-/t21-,24?,25?,26+,27+,28-,29?,31?,34-,35-,36-/m0/s1. The molecule has 11 atom stereocenters. The molecule has 0 radical (unpaired) electrons. The summed E-state index contributed by atoms with van der Waals surface area (Å²) in [5.41, 5.74) is 0.191. The number of aliphatic hydroxyl groups is 2. The van der Waals surface area contributed by atoms with Crippen LogP contribution >= 0.6 is 15.9 Å². The van der Waals surface area contributed by atoms with E-state index in [1.54, 1.807) is 0 Å². The summed E-state index contributed by atoms with van der Waals surface area (Å²) in [6, 6.07) is 0. The van der Waals surface area contributed by atoms with Gasteiger partial charge < -0.3 is 20.1 Å². The quantitative estimate of drug-likeness (QED) is 0.122. The third-order valence-electron chi connectivity index (χ3n) is 13.9. The third kappa shape index (κ3) is 5.35. The Morgan fingerprint density at radius 2 is 1.82 bits per heavy atom. The van der Waals surface area contributed by atoms with Crippen LogP contribution < -0.4 is 0 Å². The Bertz CT molecular complexity index is 1200. The molecular weight excluding hydrogens is 622 g/mol. The van der Waals surface area contributed by atoms with Gasteiger partial charge in [-0.15, -0.1) is 0 Å². The molecule has 4 aliphatic carbocycles. The van der Waals surface area contributed by atoms with Gasteiger partial charge in [0.2, 0.25) is 0 Å². The summed E-state index contributed by atoms with van der Waals surface area (Å²) < 4.78 is 6.00. The first-order valence-electron chi connectivity index (χ1n) is 17.0. The van der Waals surface area contributed by atoms with E-state index in [9.17, 15) is 24.9 Å². The first kappa shape index (κ1) is 34.1. The van der Waals surface area contributed by atoms with Gasteiger partial charge in [-0.3, -0.25) is 9.69 Å². The lowest BCUT2D eigenvalue weighted by Gasteiger charge is -2.69. The molecule has 5 rings (SSSR count). The SMILES string of the molecule is CC(=O)O[C@H]1C[C@@]2(C)C(C[C@@H](O)C3[C@@]4(C)CC[C@@H](O)[C@@H](C)C4CC[C@@]32C)/C1=C(\CCC(Br)C(C)(C)N1CC=CCC1)C(=O)O. The maximum atomic E-state index is 13.1. The van der Waals surface area contributed by atoms with Crippen LogP contribution in [0.5, 0.6) is 0 Å². The fourth-order valence-corrected chi connectivity index (χ4v) is 11.8. The van der Waals surface area contributed by atoms with Crippen molar-refractivity contribution in [2.24, 2.45) is 39.9 Å².